The molecule has 5 heteroatoms. The van der Waals surface area contributed by atoms with Gasteiger partial charge in [0.05, 0.1) is 12.3 Å². The maximum atomic E-state index is 6.04. The zero-order valence-electron chi connectivity index (χ0n) is 9.45. The normalized spacial score (nSPS) is 28.7. The Hall–Kier alpha value is -0.910. The molecule has 5 nitrogen and oxygen atoms in total. The number of hydrogen-bond acceptors (Lipinski definition) is 4. The molecule has 2 N–H and O–H groups in total. The zero-order valence-corrected chi connectivity index (χ0v) is 9.45. The Morgan fingerprint density at radius 3 is 2.94 bits per heavy atom. The highest BCUT2D eigenvalue weighted by atomic mass is 16.7. The molecule has 2 saturated heterocycles. The van der Waals surface area contributed by atoms with Crippen molar-refractivity contribution in [2.75, 3.05) is 19.7 Å². The van der Waals surface area contributed by atoms with Crippen LogP contribution in [0.15, 0.2) is 6.07 Å². The molecule has 88 valence electrons. The minimum atomic E-state index is -0.358. The predicted molar refractivity (Wildman–Crippen MR) is 57.9 cm³/mol. The standard InChI is InChI=1S/C11H17N3O2/c1-8-6-9(14-13-8)10-7-15-11(16-10)2-4-12-5-3-11/h6,10,12H,2-5,7H2,1H3,(H,13,14). The van der Waals surface area contributed by atoms with E-state index in [1.165, 1.54) is 0 Å². The van der Waals surface area contributed by atoms with Gasteiger partial charge in [0.25, 0.3) is 0 Å². The van der Waals surface area contributed by atoms with Crippen molar-refractivity contribution >= 4 is 0 Å². The van der Waals surface area contributed by atoms with Crippen LogP contribution in [0.2, 0.25) is 0 Å². The Kier molecular flexibility index (Phi) is 2.46. The van der Waals surface area contributed by atoms with E-state index in [0.29, 0.717) is 6.61 Å². The van der Waals surface area contributed by atoms with Crippen molar-refractivity contribution in [2.45, 2.75) is 31.7 Å². The summed E-state index contributed by atoms with van der Waals surface area (Å²) in [6, 6.07) is 2.02. The van der Waals surface area contributed by atoms with E-state index in [4.69, 9.17) is 9.47 Å². The molecule has 0 amide bonds. The van der Waals surface area contributed by atoms with Crippen LogP contribution in [0.25, 0.3) is 0 Å². The minimum Gasteiger partial charge on any atom is -0.347 e. The third-order valence-electron chi connectivity index (χ3n) is 3.28. The number of piperidine rings is 1. The molecule has 0 bridgehead atoms. The summed E-state index contributed by atoms with van der Waals surface area (Å²) in [6.07, 6.45) is 1.84. The third kappa shape index (κ3) is 1.75. The van der Waals surface area contributed by atoms with E-state index >= 15 is 0 Å². The monoisotopic (exact) mass is 223 g/mol. The summed E-state index contributed by atoms with van der Waals surface area (Å²) in [6.45, 7) is 4.54. The van der Waals surface area contributed by atoms with Crippen LogP contribution in [-0.2, 0) is 9.47 Å². The van der Waals surface area contributed by atoms with Crippen LogP contribution >= 0.6 is 0 Å². The molecule has 2 aliphatic rings. The molecule has 1 atom stereocenters. The first kappa shape index (κ1) is 10.3. The first-order valence-corrected chi connectivity index (χ1v) is 5.82. The van der Waals surface area contributed by atoms with Gasteiger partial charge in [-0.3, -0.25) is 5.10 Å². The number of H-pyrrole nitrogens is 1. The average molecular weight is 223 g/mol. The highest BCUT2D eigenvalue weighted by Crippen LogP contribution is 2.38. The molecule has 3 heterocycles. The molecule has 0 aromatic carbocycles. The lowest BCUT2D eigenvalue weighted by molar-refractivity contribution is -0.184. The van der Waals surface area contributed by atoms with Crippen LogP contribution in [0.3, 0.4) is 0 Å². The number of aromatic nitrogens is 2. The van der Waals surface area contributed by atoms with E-state index in [0.717, 1.165) is 37.3 Å². The van der Waals surface area contributed by atoms with Gasteiger partial charge >= 0.3 is 0 Å². The summed E-state index contributed by atoms with van der Waals surface area (Å²) in [5.74, 6) is -0.358. The number of hydrogen-bond donors (Lipinski definition) is 2. The highest BCUT2D eigenvalue weighted by molar-refractivity contribution is 5.11. The summed E-state index contributed by atoms with van der Waals surface area (Å²) in [5, 5.41) is 10.5. The van der Waals surface area contributed by atoms with Crippen molar-refractivity contribution in [3.8, 4) is 0 Å². The molecule has 0 aliphatic carbocycles. The molecule has 2 aliphatic heterocycles. The summed E-state index contributed by atoms with van der Waals surface area (Å²) >= 11 is 0. The lowest BCUT2D eigenvalue weighted by atomic mass is 10.1. The van der Waals surface area contributed by atoms with Gasteiger partial charge in [-0.2, -0.15) is 5.10 Å². The number of aromatic amines is 1. The largest absolute Gasteiger partial charge is 0.347 e. The fourth-order valence-corrected chi connectivity index (χ4v) is 2.37. The van der Waals surface area contributed by atoms with Gasteiger partial charge in [0, 0.05) is 31.6 Å². The van der Waals surface area contributed by atoms with Crippen LogP contribution in [0.4, 0.5) is 0 Å². The number of rotatable bonds is 1. The van der Waals surface area contributed by atoms with Gasteiger partial charge in [-0.15, -0.1) is 0 Å². The summed E-state index contributed by atoms with van der Waals surface area (Å²) in [4.78, 5) is 0. The molecule has 0 radical (unpaired) electrons. The quantitative estimate of drug-likeness (QED) is 0.742. The topological polar surface area (TPSA) is 59.2 Å². The Morgan fingerprint density at radius 2 is 2.25 bits per heavy atom. The van der Waals surface area contributed by atoms with E-state index in [9.17, 15) is 0 Å². The van der Waals surface area contributed by atoms with E-state index in [-0.39, 0.29) is 11.9 Å². The molecule has 16 heavy (non-hydrogen) atoms. The van der Waals surface area contributed by atoms with Crippen molar-refractivity contribution in [1.82, 2.24) is 15.5 Å². The maximum Gasteiger partial charge on any atom is 0.171 e. The van der Waals surface area contributed by atoms with E-state index in [1.54, 1.807) is 0 Å². The molecule has 1 aromatic heterocycles. The van der Waals surface area contributed by atoms with Gasteiger partial charge in [-0.05, 0) is 13.0 Å². The van der Waals surface area contributed by atoms with Crippen LogP contribution in [0.1, 0.15) is 30.3 Å². The van der Waals surface area contributed by atoms with Crippen molar-refractivity contribution in [3.05, 3.63) is 17.5 Å². The summed E-state index contributed by atoms with van der Waals surface area (Å²) in [5.41, 5.74) is 2.01. The fourth-order valence-electron chi connectivity index (χ4n) is 2.37. The molecular weight excluding hydrogens is 206 g/mol. The fraction of sp³-hybridized carbons (Fsp3) is 0.727. The third-order valence-corrected chi connectivity index (χ3v) is 3.28. The number of ether oxygens (including phenoxy) is 2. The van der Waals surface area contributed by atoms with Crippen LogP contribution in [-0.4, -0.2) is 35.7 Å². The number of nitrogens with zero attached hydrogens (tertiary/aromatic N) is 1. The zero-order chi connectivity index (χ0) is 11.0. The second-order valence-electron chi connectivity index (χ2n) is 4.55. The average Bonchev–Trinajstić information content (AvgIpc) is 2.87. The summed E-state index contributed by atoms with van der Waals surface area (Å²) in [7, 11) is 0. The predicted octanol–water partition coefficient (Wildman–Crippen LogP) is 0.886. The molecule has 1 unspecified atom stereocenters. The second kappa shape index (κ2) is 3.84. The van der Waals surface area contributed by atoms with Gasteiger partial charge in [0.1, 0.15) is 6.10 Å². The highest BCUT2D eigenvalue weighted by Gasteiger charge is 2.43. The molecule has 3 rings (SSSR count). The molecule has 1 spiro atoms. The lowest BCUT2D eigenvalue weighted by Gasteiger charge is -2.32. The Morgan fingerprint density at radius 1 is 1.44 bits per heavy atom. The molecule has 2 fully saturated rings. The van der Waals surface area contributed by atoms with Crippen LogP contribution in [0, 0.1) is 6.92 Å². The SMILES string of the molecule is Cc1cc(C2COC3(CCNCC3)O2)n[nH]1. The number of aryl methyl sites for hydroxylation is 1. The second-order valence-corrected chi connectivity index (χ2v) is 4.55. The van der Waals surface area contributed by atoms with E-state index in [2.05, 4.69) is 15.5 Å². The number of nitrogens with one attached hydrogen (secondary N) is 2. The lowest BCUT2D eigenvalue weighted by Crippen LogP contribution is -2.42. The molecule has 1 aromatic rings. The van der Waals surface area contributed by atoms with E-state index < -0.39 is 0 Å². The van der Waals surface area contributed by atoms with Gasteiger partial charge < -0.3 is 14.8 Å². The first-order chi connectivity index (χ1) is 7.77. The van der Waals surface area contributed by atoms with E-state index in [1.807, 2.05) is 13.0 Å². The van der Waals surface area contributed by atoms with Crippen molar-refractivity contribution in [2.24, 2.45) is 0 Å². The van der Waals surface area contributed by atoms with Gasteiger partial charge in [0.15, 0.2) is 5.79 Å². The Balaban J connectivity index is 1.72. The molecular formula is C11H17N3O2. The maximum absolute atomic E-state index is 6.04. The van der Waals surface area contributed by atoms with Crippen molar-refractivity contribution in [1.29, 1.82) is 0 Å². The molecule has 0 saturated carbocycles. The van der Waals surface area contributed by atoms with Crippen molar-refractivity contribution < 1.29 is 9.47 Å². The summed E-state index contributed by atoms with van der Waals surface area (Å²) < 4.78 is 11.9. The Bertz CT molecular complexity index is 371. The van der Waals surface area contributed by atoms with Gasteiger partial charge in [-0.1, -0.05) is 0 Å². The first-order valence-electron chi connectivity index (χ1n) is 5.82. The van der Waals surface area contributed by atoms with Gasteiger partial charge in [0.2, 0.25) is 0 Å². The van der Waals surface area contributed by atoms with Gasteiger partial charge in [-0.25, -0.2) is 0 Å². The smallest absolute Gasteiger partial charge is 0.171 e. The Labute approximate surface area is 94.5 Å². The van der Waals surface area contributed by atoms with Crippen LogP contribution in [0.5, 0.6) is 0 Å². The minimum absolute atomic E-state index is 0.0111. The van der Waals surface area contributed by atoms with Crippen molar-refractivity contribution in [3.63, 3.8) is 0 Å². The van der Waals surface area contributed by atoms with Crippen LogP contribution < -0.4 is 5.32 Å².